The number of aromatic nitrogens is 1. The summed E-state index contributed by atoms with van der Waals surface area (Å²) in [4.78, 5) is 14.8. The van der Waals surface area contributed by atoms with E-state index >= 15 is 0 Å². The zero-order valence-electron chi connectivity index (χ0n) is 15.6. The van der Waals surface area contributed by atoms with Crippen molar-refractivity contribution in [3.63, 3.8) is 0 Å². The Morgan fingerprint density at radius 1 is 1.17 bits per heavy atom. The Kier molecular flexibility index (Phi) is 5.14. The van der Waals surface area contributed by atoms with Crippen LogP contribution in [0.25, 0.3) is 22.2 Å². The number of hydrogen-bond donors (Lipinski definition) is 3. The van der Waals surface area contributed by atoms with Crippen LogP contribution in [0.15, 0.2) is 47.4 Å². The van der Waals surface area contributed by atoms with E-state index < -0.39 is 16.0 Å². The highest BCUT2D eigenvalue weighted by atomic mass is 35.5. The lowest BCUT2D eigenvalue weighted by Crippen LogP contribution is -2.17. The van der Waals surface area contributed by atoms with E-state index in [2.05, 4.69) is 4.98 Å². The van der Waals surface area contributed by atoms with Crippen molar-refractivity contribution in [2.24, 2.45) is 5.14 Å². The number of aliphatic carboxylic acids is 1. The molecule has 1 aliphatic rings. The van der Waals surface area contributed by atoms with Crippen LogP contribution in [-0.4, -0.2) is 29.9 Å². The third kappa shape index (κ3) is 3.77. The molecule has 0 bridgehead atoms. The molecule has 4 N–H and O–H groups in total. The number of primary sulfonamides is 1. The number of H-pyrrole nitrogens is 1. The Morgan fingerprint density at radius 3 is 2.59 bits per heavy atom. The maximum Gasteiger partial charge on any atom is 0.307 e. The molecule has 29 heavy (non-hydrogen) atoms. The molecule has 4 rings (SSSR count). The molecule has 1 fully saturated rings. The minimum atomic E-state index is -4.06. The number of benzene rings is 2. The van der Waals surface area contributed by atoms with E-state index in [1.165, 1.54) is 0 Å². The number of hydrogen-bond acceptors (Lipinski definition) is 3. The first-order valence-electron chi connectivity index (χ1n) is 9.37. The van der Waals surface area contributed by atoms with Gasteiger partial charge < -0.3 is 10.1 Å². The summed E-state index contributed by atoms with van der Waals surface area (Å²) >= 11 is 6.26. The number of carboxylic acids is 1. The molecular weight excluding hydrogens is 412 g/mol. The average Bonchev–Trinajstić information content (AvgIpc) is 3.24. The summed E-state index contributed by atoms with van der Waals surface area (Å²) in [5, 5.41) is 15.8. The summed E-state index contributed by atoms with van der Waals surface area (Å²) in [5.74, 6) is -0.997. The average molecular weight is 433 g/mol. The SMILES string of the molecule is NS(=O)(=O)c1c(-c2[nH]c3ccccc3c2CC(=O)O)cccc1C1CCC(Cl)C1. The quantitative estimate of drug-likeness (QED) is 0.529. The maximum absolute atomic E-state index is 12.6. The molecule has 8 heteroatoms. The first kappa shape index (κ1) is 19.9. The molecule has 1 aliphatic carbocycles. The lowest BCUT2D eigenvalue weighted by molar-refractivity contribution is -0.136. The fourth-order valence-corrected chi connectivity index (χ4v) is 5.75. The number of carboxylic acid groups (broad SMARTS) is 1. The minimum Gasteiger partial charge on any atom is -0.481 e. The number of nitrogens with two attached hydrogens (primary N) is 1. The second-order valence-electron chi connectivity index (χ2n) is 7.47. The normalized spacial score (nSPS) is 19.7. The van der Waals surface area contributed by atoms with Crippen molar-refractivity contribution in [3.8, 4) is 11.3 Å². The van der Waals surface area contributed by atoms with Crippen molar-refractivity contribution in [2.75, 3.05) is 0 Å². The molecule has 6 nitrogen and oxygen atoms in total. The molecule has 0 amide bonds. The third-order valence-corrected chi connectivity index (χ3v) is 6.97. The van der Waals surface area contributed by atoms with Crippen LogP contribution in [0.2, 0.25) is 0 Å². The van der Waals surface area contributed by atoms with E-state index in [-0.39, 0.29) is 22.6 Å². The van der Waals surface area contributed by atoms with Gasteiger partial charge in [0.25, 0.3) is 0 Å². The number of nitrogens with one attached hydrogen (secondary N) is 1. The highest BCUT2D eigenvalue weighted by Crippen LogP contribution is 2.43. The Labute approximate surface area is 173 Å². The highest BCUT2D eigenvalue weighted by Gasteiger charge is 2.31. The second-order valence-corrected chi connectivity index (χ2v) is 9.59. The second kappa shape index (κ2) is 7.48. The van der Waals surface area contributed by atoms with Gasteiger partial charge in [-0.15, -0.1) is 11.6 Å². The fourth-order valence-electron chi connectivity index (χ4n) is 4.36. The van der Waals surface area contributed by atoms with Gasteiger partial charge in [-0.1, -0.05) is 36.4 Å². The predicted molar refractivity (Wildman–Crippen MR) is 113 cm³/mol. The van der Waals surface area contributed by atoms with Crippen molar-refractivity contribution in [1.29, 1.82) is 0 Å². The van der Waals surface area contributed by atoms with E-state index in [4.69, 9.17) is 16.7 Å². The molecule has 1 aromatic heterocycles. The van der Waals surface area contributed by atoms with Crippen LogP contribution in [0, 0.1) is 0 Å². The predicted octanol–water partition coefficient (Wildman–Crippen LogP) is 3.98. The Hall–Kier alpha value is -2.35. The van der Waals surface area contributed by atoms with E-state index in [9.17, 15) is 18.3 Å². The van der Waals surface area contributed by atoms with Gasteiger partial charge in [0.05, 0.1) is 17.0 Å². The molecule has 0 saturated heterocycles. The molecular formula is C21H21ClN2O4S. The van der Waals surface area contributed by atoms with Crippen molar-refractivity contribution >= 4 is 38.5 Å². The van der Waals surface area contributed by atoms with Crippen LogP contribution in [0.3, 0.4) is 0 Å². The van der Waals surface area contributed by atoms with Crippen LogP contribution in [0.1, 0.15) is 36.3 Å². The van der Waals surface area contributed by atoms with E-state index in [0.717, 1.165) is 23.7 Å². The molecule has 1 saturated carbocycles. The van der Waals surface area contributed by atoms with Gasteiger partial charge in [-0.25, -0.2) is 13.6 Å². The van der Waals surface area contributed by atoms with Gasteiger partial charge in [0.15, 0.2) is 0 Å². The van der Waals surface area contributed by atoms with Gasteiger partial charge in [0.1, 0.15) is 0 Å². The summed E-state index contributed by atoms with van der Waals surface area (Å²) in [6.45, 7) is 0. The van der Waals surface area contributed by atoms with Crippen LogP contribution < -0.4 is 5.14 Å². The zero-order chi connectivity index (χ0) is 20.8. The van der Waals surface area contributed by atoms with Crippen molar-refractivity contribution in [3.05, 3.63) is 53.6 Å². The number of carbonyl (C=O) groups is 1. The summed E-state index contributed by atoms with van der Waals surface area (Å²) < 4.78 is 25.3. The van der Waals surface area contributed by atoms with Gasteiger partial charge in [0, 0.05) is 21.8 Å². The Morgan fingerprint density at radius 2 is 1.93 bits per heavy atom. The van der Waals surface area contributed by atoms with Crippen LogP contribution in [0.5, 0.6) is 0 Å². The number of halogens is 1. The molecule has 152 valence electrons. The molecule has 2 atom stereocenters. The number of alkyl halides is 1. The highest BCUT2D eigenvalue weighted by molar-refractivity contribution is 7.89. The molecule has 0 radical (unpaired) electrons. The topological polar surface area (TPSA) is 113 Å². The van der Waals surface area contributed by atoms with E-state index in [1.807, 2.05) is 24.3 Å². The first-order valence-corrected chi connectivity index (χ1v) is 11.4. The summed E-state index contributed by atoms with van der Waals surface area (Å²) in [5.41, 5.74) is 2.80. The number of aromatic amines is 1. The largest absolute Gasteiger partial charge is 0.481 e. The number of sulfonamides is 1. The van der Waals surface area contributed by atoms with Crippen molar-refractivity contribution in [1.82, 2.24) is 4.98 Å². The van der Waals surface area contributed by atoms with Crippen LogP contribution in [-0.2, 0) is 21.2 Å². The Bertz CT molecular complexity index is 1200. The molecule has 2 unspecified atom stereocenters. The standard InChI is InChI=1S/C21H21ClN2O4S/c22-13-9-8-12(10-13)14-5-3-6-16(21(14)29(23,27)28)20-17(11-19(25)26)15-4-1-2-7-18(15)24-20/h1-7,12-13,24H,8-11H2,(H,25,26)(H2,23,27,28). The molecule has 1 heterocycles. The van der Waals surface area contributed by atoms with Gasteiger partial charge >= 0.3 is 5.97 Å². The lowest BCUT2D eigenvalue weighted by atomic mass is 9.93. The van der Waals surface area contributed by atoms with Gasteiger partial charge in [-0.2, -0.15) is 0 Å². The number of rotatable bonds is 5. The van der Waals surface area contributed by atoms with Gasteiger partial charge in [-0.05, 0) is 42.4 Å². The van der Waals surface area contributed by atoms with Crippen LogP contribution in [0.4, 0.5) is 0 Å². The van der Waals surface area contributed by atoms with Gasteiger partial charge in [-0.3, -0.25) is 4.79 Å². The smallest absolute Gasteiger partial charge is 0.307 e. The summed E-state index contributed by atoms with van der Waals surface area (Å²) in [6, 6.07) is 12.6. The van der Waals surface area contributed by atoms with Gasteiger partial charge in [0.2, 0.25) is 10.0 Å². The van der Waals surface area contributed by atoms with Crippen molar-refractivity contribution < 1.29 is 18.3 Å². The van der Waals surface area contributed by atoms with E-state index in [0.29, 0.717) is 28.8 Å². The lowest BCUT2D eigenvalue weighted by Gasteiger charge is -2.18. The maximum atomic E-state index is 12.6. The van der Waals surface area contributed by atoms with E-state index in [1.54, 1.807) is 18.2 Å². The summed E-state index contributed by atoms with van der Waals surface area (Å²) in [7, 11) is -4.06. The molecule has 3 aromatic rings. The molecule has 0 spiro atoms. The van der Waals surface area contributed by atoms with Crippen molar-refractivity contribution in [2.45, 2.75) is 41.9 Å². The fraction of sp³-hybridized carbons (Fsp3) is 0.286. The number of fused-ring (bicyclic) bond motifs is 1. The number of para-hydroxylation sites is 1. The monoisotopic (exact) mass is 432 g/mol. The first-order chi connectivity index (χ1) is 13.8. The molecule has 2 aromatic carbocycles. The van der Waals surface area contributed by atoms with Crippen LogP contribution >= 0.6 is 11.6 Å². The zero-order valence-corrected chi connectivity index (χ0v) is 17.1. The molecule has 0 aliphatic heterocycles. The Balaban J connectivity index is 2.00. The third-order valence-electron chi connectivity index (χ3n) is 5.55. The minimum absolute atomic E-state index is 0.00178. The summed E-state index contributed by atoms with van der Waals surface area (Å²) in [6.07, 6.45) is 2.05.